The van der Waals surface area contributed by atoms with Crippen LogP contribution in [0.1, 0.15) is 111 Å². The largest absolute Gasteiger partial charge is 0.507 e. The highest BCUT2D eigenvalue weighted by atomic mass is 35.5. The number of nitrogens with two attached hydrogens (primary N) is 6. The van der Waals surface area contributed by atoms with Crippen molar-refractivity contribution in [3.05, 3.63) is 410 Å². The molecule has 0 radical (unpaired) electrons. The molecular weight excluding hydrogens is 1950 g/mol. The number of rotatable bonds is 21. The number of aromatic carboxylic acids is 1. The first-order valence-electron chi connectivity index (χ1n) is 45.7. The summed E-state index contributed by atoms with van der Waals surface area (Å²) in [5.41, 5.74) is 53.7. The van der Waals surface area contributed by atoms with Crippen LogP contribution < -0.4 is 71.0 Å². The van der Waals surface area contributed by atoms with Crippen LogP contribution in [-0.4, -0.2) is 98.2 Å². The number of carbonyl (C=O) groups excluding carboxylic acids is 6. The fraction of sp³-hybridized carbons (Fsp3) is 0.0796. The first-order chi connectivity index (χ1) is 71.6. The van der Waals surface area contributed by atoms with Crippen LogP contribution in [-0.2, 0) is 7.05 Å². The maximum atomic E-state index is 14.0. The number of amides is 6. The molecule has 0 saturated carbocycles. The van der Waals surface area contributed by atoms with E-state index in [9.17, 15) is 43.1 Å². The third-order valence-corrected chi connectivity index (χ3v) is 25.1. The number of oxazole rings is 1. The molecule has 11 aromatic heterocycles. The summed E-state index contributed by atoms with van der Waals surface area (Å²) in [4.78, 5) is 117. The van der Waals surface area contributed by atoms with Crippen molar-refractivity contribution in [3.63, 3.8) is 0 Å². The Labute approximate surface area is 868 Å². The molecule has 19 aromatic rings. The number of methoxy groups -OCH3 is 1. The average molecular weight is 2050 g/mol. The highest BCUT2D eigenvalue weighted by molar-refractivity contribution is 7.14. The lowest BCUT2D eigenvalue weighted by molar-refractivity contribution is 0.0695. The van der Waals surface area contributed by atoms with Gasteiger partial charge in [-0.3, -0.25) is 28.8 Å². The number of carboxylic acid groups (broad SMARTS) is 1. The number of hydrogen-bond acceptors (Lipinski definition) is 26. The lowest BCUT2D eigenvalue weighted by Crippen LogP contribution is -2.14. The van der Waals surface area contributed by atoms with Crippen molar-refractivity contribution in [1.29, 1.82) is 0 Å². The number of ether oxygens (including phenoxy) is 1. The number of halogens is 2. The van der Waals surface area contributed by atoms with E-state index in [1.54, 1.807) is 150 Å². The molecule has 149 heavy (non-hydrogen) atoms. The fourth-order valence-corrected chi connectivity index (χ4v) is 16.9. The molecule has 0 fully saturated rings. The number of aryl methyl sites for hydroxylation is 8. The number of para-hydroxylation sites is 2. The molecule has 0 spiro atoms. The van der Waals surface area contributed by atoms with Crippen LogP contribution in [0, 0.1) is 54.3 Å². The summed E-state index contributed by atoms with van der Waals surface area (Å²) in [5.74, 6) is 1.48. The Balaban J connectivity index is 0.000000141. The Morgan fingerprint density at radius 2 is 0.765 bits per heavy atom. The summed E-state index contributed by atoms with van der Waals surface area (Å²) in [6.07, 6.45) is 6.36. The van der Waals surface area contributed by atoms with Gasteiger partial charge < -0.3 is 94.7 Å². The zero-order valence-corrected chi connectivity index (χ0v) is 84.1. The Morgan fingerprint density at radius 3 is 1.15 bits per heavy atom. The third-order valence-electron chi connectivity index (χ3n) is 22.8. The summed E-state index contributed by atoms with van der Waals surface area (Å²) in [7, 11) is 3.47. The fourth-order valence-electron chi connectivity index (χ4n) is 14.8. The minimum atomic E-state index is -1.13. The maximum Gasteiger partial charge on any atom is 0.339 e. The van der Waals surface area contributed by atoms with Crippen LogP contribution in [0.25, 0.3) is 77.2 Å². The van der Waals surface area contributed by atoms with Crippen LogP contribution in [0.15, 0.2) is 330 Å². The van der Waals surface area contributed by atoms with Crippen LogP contribution in [0.2, 0.25) is 5.02 Å². The SMILES string of the molecule is COc1ccccc1C(=O)Nc1ccc(-c2sccc2C)c(N)n1.Cc1ccc(C(=O)Nc2ccc(-c3cc(-c4ncco4)ccc3C)c(N)n2)cc1.Cc1ccc(C(=O)Nc2ccc(-c3cc(Cl)ccc3F)c(N)n2)cc1.Cc1ccc(C(=O)Nc2ccc(-c3cccn3C)c(N)n2)cc1.Cc1ccc(C(=O)Nc2ccc(-c3occc3C(=O)O)c(N)n2)cc1.Cc1ccsc1-c1ccc(NC(=O)c2ccccc2O)nc1N. The van der Waals surface area contributed by atoms with Crippen molar-refractivity contribution in [2.45, 2.75) is 48.5 Å². The van der Waals surface area contributed by atoms with Gasteiger partial charge in [-0.1, -0.05) is 113 Å². The van der Waals surface area contributed by atoms with E-state index < -0.39 is 17.7 Å². The summed E-state index contributed by atoms with van der Waals surface area (Å²) in [5, 5.41) is 39.5. The second-order valence-electron chi connectivity index (χ2n) is 33.5. The van der Waals surface area contributed by atoms with Gasteiger partial charge in [0, 0.05) is 89.2 Å². The first kappa shape index (κ1) is 106. The number of nitrogen functional groups attached to an aromatic ring is 6. The molecule has 750 valence electrons. The van der Waals surface area contributed by atoms with Crippen molar-refractivity contribution in [3.8, 4) is 88.7 Å². The summed E-state index contributed by atoms with van der Waals surface area (Å²) < 4.78 is 31.8. The molecule has 0 saturated heterocycles. The van der Waals surface area contributed by atoms with E-state index in [1.807, 2.05) is 198 Å². The zero-order valence-electron chi connectivity index (χ0n) is 81.7. The topological polar surface area (TPSA) is 519 Å². The van der Waals surface area contributed by atoms with Crippen molar-refractivity contribution >= 4 is 146 Å². The Morgan fingerprint density at radius 1 is 0.376 bits per heavy atom. The van der Waals surface area contributed by atoms with Gasteiger partial charge in [0.15, 0.2) is 5.76 Å². The molecule has 11 heterocycles. The Kier molecular flexibility index (Phi) is 34.5. The number of nitrogens with zero attached hydrogens (tertiary/aromatic N) is 8. The van der Waals surface area contributed by atoms with E-state index in [0.717, 1.165) is 87.8 Å². The van der Waals surface area contributed by atoms with Crippen molar-refractivity contribution in [2.24, 2.45) is 7.05 Å². The Hall–Kier alpha value is -19.3. The minimum absolute atomic E-state index is 0.00931. The van der Waals surface area contributed by atoms with Crippen molar-refractivity contribution in [2.75, 3.05) is 73.4 Å². The van der Waals surface area contributed by atoms with Crippen molar-refractivity contribution in [1.82, 2.24) is 39.5 Å². The molecule has 0 aliphatic carbocycles. The van der Waals surface area contributed by atoms with E-state index in [0.29, 0.717) is 102 Å². The molecule has 0 atom stereocenters. The number of benzene rings is 8. The lowest BCUT2D eigenvalue weighted by atomic mass is 9.98. The number of phenolic OH excluding ortho intramolecular Hbond substituents is 1. The predicted molar refractivity (Wildman–Crippen MR) is 587 cm³/mol. The van der Waals surface area contributed by atoms with Gasteiger partial charge in [0.1, 0.15) is 99.0 Å². The molecule has 19 rings (SSSR count). The number of thiophene rings is 2. The van der Waals surface area contributed by atoms with E-state index in [4.69, 9.17) is 64.7 Å². The highest BCUT2D eigenvalue weighted by Gasteiger charge is 2.24. The van der Waals surface area contributed by atoms with Crippen LogP contribution in [0.4, 0.5) is 74.2 Å². The summed E-state index contributed by atoms with van der Waals surface area (Å²) >= 11 is 9.12. The zero-order chi connectivity index (χ0) is 106. The maximum absolute atomic E-state index is 14.0. The Bertz CT molecular complexity index is 8100. The number of carbonyl (C=O) groups is 7. The van der Waals surface area contributed by atoms with E-state index >= 15 is 0 Å². The number of hydrogen-bond donors (Lipinski definition) is 14. The number of aromatic hydroxyl groups is 1. The number of pyridine rings is 6. The number of furan rings is 1. The van der Waals surface area contributed by atoms with E-state index in [-0.39, 0.29) is 81.0 Å². The summed E-state index contributed by atoms with van der Waals surface area (Å²) in [6, 6.07) is 82.4. The van der Waals surface area contributed by atoms with Gasteiger partial charge in [0.25, 0.3) is 35.4 Å². The predicted octanol–water partition coefficient (Wildman–Crippen LogP) is 23.6. The standard InChI is InChI=1S/C23H20N4O2.C19H15ClFN3O.C18H18N4O.C18H15N3O4.C18H17N3O2S.C17H15N3O2S/c1-14-3-6-16(7-4-14)22(28)27-20-10-9-18(21(24)26-20)19-13-17(8-5-15(19)2)23-25-11-12-29-23;1-11-2-4-12(5-3-11)19(25)24-17-9-7-14(18(22)23-17)15-10-13(20)6-8-16(15)21;1-12-5-7-13(8-6-12)18(23)21-16-10-9-14(17(19)20-16)15-4-3-11-22(15)2;1-10-2-4-11(5-3-10)17(22)21-14-7-6-12(16(19)20-14)15-13(18(23)24)8-9-25-15;1-11-9-10-24-16(11)13-7-8-15(20-17(13)19)21-18(22)12-5-3-4-6-14(12)23-2;1-10-8-9-23-15(10)12-6-7-14(19-16(12)18)20-17(22)11-4-2-3-5-13(11)21/h3-13H,1-2H3,(H3,24,26,27,28);2-10H,1H3,(H3,22,23,24,25);3-11H,1-2H3,(H3,19,20,21,23);2-9H,1H3,(H,23,24)(H3,19,20,21,22);3-10H,1-2H3,(H3,19,20,21,22);2-9,21H,1H3,(H3,18,19,20,22). The van der Waals surface area contributed by atoms with E-state index in [1.165, 1.54) is 62.1 Å². The van der Waals surface area contributed by atoms with Gasteiger partial charge in [-0.05, 0) is 288 Å². The van der Waals surface area contributed by atoms with Gasteiger partial charge in [0.2, 0.25) is 5.89 Å². The average Bonchev–Trinajstić information content (AvgIpc) is 1.77. The van der Waals surface area contributed by atoms with Crippen LogP contribution in [0.5, 0.6) is 11.5 Å². The molecule has 8 aromatic carbocycles. The van der Waals surface area contributed by atoms with Crippen LogP contribution in [0.3, 0.4) is 0 Å². The van der Waals surface area contributed by atoms with Gasteiger partial charge in [-0.2, -0.15) is 0 Å². The van der Waals surface area contributed by atoms with Gasteiger partial charge >= 0.3 is 5.97 Å². The second-order valence-corrected chi connectivity index (χ2v) is 35.8. The minimum Gasteiger partial charge on any atom is -0.507 e. The number of phenols is 1. The molecule has 6 amide bonds. The molecule has 0 aliphatic heterocycles. The molecule has 32 nitrogen and oxygen atoms in total. The normalized spacial score (nSPS) is 10.5. The first-order valence-corrected chi connectivity index (χ1v) is 47.9. The molecule has 0 aliphatic rings. The van der Waals surface area contributed by atoms with Gasteiger partial charge in [0.05, 0.1) is 42.0 Å². The summed E-state index contributed by atoms with van der Waals surface area (Å²) in [6.45, 7) is 13.9. The van der Waals surface area contributed by atoms with Gasteiger partial charge in [-0.25, -0.2) is 44.1 Å². The van der Waals surface area contributed by atoms with E-state index in [2.05, 4.69) is 66.8 Å². The van der Waals surface area contributed by atoms with Crippen LogP contribution >= 0.6 is 34.3 Å². The molecule has 0 bridgehead atoms. The number of anilines is 12. The number of nitrogens with one attached hydrogen (secondary N) is 6. The molecule has 36 heteroatoms. The highest BCUT2D eigenvalue weighted by Crippen LogP contribution is 2.39. The lowest BCUT2D eigenvalue weighted by Gasteiger charge is -2.12. The molecular formula is C113H100ClFN20O12S2. The monoisotopic (exact) mass is 2050 g/mol. The quantitative estimate of drug-likeness (QED) is 0.0318. The smallest absolute Gasteiger partial charge is 0.339 e. The number of carboxylic acids is 1. The molecule has 0 unspecified atom stereocenters. The third kappa shape index (κ3) is 27.2. The van der Waals surface area contributed by atoms with Crippen molar-refractivity contribution < 1.29 is 61.7 Å². The second kappa shape index (κ2) is 48.7. The molecule has 20 N–H and O–H groups in total. The number of aromatic nitrogens is 8. The van der Waals surface area contributed by atoms with Gasteiger partial charge in [-0.15, -0.1) is 22.7 Å².